The summed E-state index contributed by atoms with van der Waals surface area (Å²) >= 11 is 0. The summed E-state index contributed by atoms with van der Waals surface area (Å²) in [6.45, 7) is 1.13. The standard InChI is InChI=1S/C2H7O3P.Th/c1-5-6(2,3)4;/h1-2H3,(H,3,4);. The van der Waals surface area contributed by atoms with Gasteiger partial charge in [0.15, 0.2) is 0 Å². The molecular weight excluding hydrogens is 335 g/mol. The second-order valence-corrected chi connectivity index (χ2v) is 2.96. The molecule has 1 unspecified atom stereocenters. The predicted molar refractivity (Wildman–Crippen MR) is 22.8 cm³/mol. The Morgan fingerprint density at radius 2 is 1.86 bits per heavy atom. The van der Waals surface area contributed by atoms with Crippen molar-refractivity contribution >= 4 is 7.60 Å². The summed E-state index contributed by atoms with van der Waals surface area (Å²) in [7, 11) is -1.95. The third-order valence-corrected chi connectivity index (χ3v) is 1.02. The van der Waals surface area contributed by atoms with Crippen molar-refractivity contribution in [3.63, 3.8) is 0 Å². The Morgan fingerprint density at radius 1 is 1.71 bits per heavy atom. The van der Waals surface area contributed by atoms with Gasteiger partial charge in [0.05, 0.1) is 0 Å². The molecule has 0 aliphatic carbocycles. The minimum atomic E-state index is -3.15. The quantitative estimate of drug-likeness (QED) is 0.704. The van der Waals surface area contributed by atoms with E-state index in [0.29, 0.717) is 0 Å². The van der Waals surface area contributed by atoms with Crippen LogP contribution in [-0.2, 0) is 9.09 Å². The van der Waals surface area contributed by atoms with Crippen LogP contribution in [0.5, 0.6) is 0 Å². The van der Waals surface area contributed by atoms with Crippen LogP contribution in [0, 0.1) is 39.9 Å². The fourth-order valence-corrected chi connectivity index (χ4v) is 0. The first-order valence-electron chi connectivity index (χ1n) is 1.42. The monoisotopic (exact) mass is 342 g/mol. The average molecular weight is 342 g/mol. The molecule has 5 heteroatoms. The zero-order valence-electron chi connectivity index (χ0n) is 4.21. The van der Waals surface area contributed by atoms with Crippen LogP contribution in [0.2, 0.25) is 0 Å². The van der Waals surface area contributed by atoms with Crippen LogP contribution in [-0.4, -0.2) is 18.7 Å². The molecule has 0 bridgehead atoms. The first-order valence-corrected chi connectivity index (χ1v) is 3.45. The van der Waals surface area contributed by atoms with Gasteiger partial charge >= 0.3 is 7.60 Å². The van der Waals surface area contributed by atoms with Gasteiger partial charge in [-0.25, -0.2) is 0 Å². The Bertz CT molecular complexity index is 77.0. The van der Waals surface area contributed by atoms with E-state index in [-0.39, 0.29) is 39.9 Å². The maximum atomic E-state index is 9.92. The van der Waals surface area contributed by atoms with Gasteiger partial charge in [0.2, 0.25) is 0 Å². The van der Waals surface area contributed by atoms with Crippen molar-refractivity contribution in [3.05, 3.63) is 0 Å². The van der Waals surface area contributed by atoms with Crippen LogP contribution in [0.3, 0.4) is 0 Å². The Balaban J connectivity index is 0. The minimum Gasteiger partial charge on any atom is -0.324 e. The molecule has 0 fully saturated rings. The largest absolute Gasteiger partial charge is 0.324 e. The van der Waals surface area contributed by atoms with E-state index in [1.807, 2.05) is 0 Å². The number of rotatable bonds is 1. The molecule has 0 aromatic rings. The first-order chi connectivity index (χ1) is 2.56. The van der Waals surface area contributed by atoms with Crippen LogP contribution < -0.4 is 0 Å². The van der Waals surface area contributed by atoms with E-state index in [1.165, 1.54) is 7.11 Å². The van der Waals surface area contributed by atoms with Gasteiger partial charge in [-0.15, -0.1) is 0 Å². The third kappa shape index (κ3) is 11.2. The van der Waals surface area contributed by atoms with Gasteiger partial charge in [-0.05, 0) is 0 Å². The summed E-state index contributed by atoms with van der Waals surface area (Å²) in [4.78, 5) is 8.16. The Kier molecular flexibility index (Phi) is 7.04. The van der Waals surface area contributed by atoms with Gasteiger partial charge in [-0.2, -0.15) is 0 Å². The zero-order chi connectivity index (χ0) is 5.21. The molecule has 0 heterocycles. The van der Waals surface area contributed by atoms with E-state index in [9.17, 15) is 4.57 Å². The number of hydrogen-bond acceptors (Lipinski definition) is 2. The second kappa shape index (κ2) is 4.36. The predicted octanol–water partition coefficient (Wildman–Crippen LogP) is 0.448. The summed E-state index contributed by atoms with van der Waals surface area (Å²) in [5, 5.41) is 0. The summed E-state index contributed by atoms with van der Waals surface area (Å²) in [5.41, 5.74) is 0. The van der Waals surface area contributed by atoms with Crippen LogP contribution in [0.25, 0.3) is 0 Å². The molecule has 1 atom stereocenters. The Hall–Kier alpha value is 1.47. The fraction of sp³-hybridized carbons (Fsp3) is 1.00. The molecule has 0 aliphatic heterocycles. The van der Waals surface area contributed by atoms with Crippen LogP contribution in [0.15, 0.2) is 0 Å². The van der Waals surface area contributed by atoms with Gasteiger partial charge in [-0.3, -0.25) is 4.57 Å². The second-order valence-electron chi connectivity index (χ2n) is 0.986. The molecule has 7 heavy (non-hydrogen) atoms. The summed E-state index contributed by atoms with van der Waals surface area (Å²) < 4.78 is 14.0. The normalized spacial score (nSPS) is 17.0. The van der Waals surface area contributed by atoms with Crippen LogP contribution >= 0.6 is 7.60 Å². The van der Waals surface area contributed by atoms with Gasteiger partial charge in [0, 0.05) is 53.7 Å². The molecule has 0 aliphatic rings. The Morgan fingerprint density at radius 3 is 1.86 bits per heavy atom. The molecular formula is C2H7O3PTh. The SMILES string of the molecule is COP(C)(=O)O.[Th]. The van der Waals surface area contributed by atoms with E-state index in [0.717, 1.165) is 6.66 Å². The zero-order valence-corrected chi connectivity index (χ0v) is 9.22. The van der Waals surface area contributed by atoms with E-state index in [1.54, 1.807) is 0 Å². The van der Waals surface area contributed by atoms with Crippen molar-refractivity contribution in [1.29, 1.82) is 0 Å². The van der Waals surface area contributed by atoms with Gasteiger partial charge < -0.3 is 9.42 Å². The van der Waals surface area contributed by atoms with E-state index < -0.39 is 7.60 Å². The molecule has 42 valence electrons. The fourth-order valence-electron chi connectivity index (χ4n) is 0. The number of hydrogen-bond donors (Lipinski definition) is 1. The smallest absolute Gasteiger partial charge is 0.324 e. The molecule has 0 saturated heterocycles. The maximum Gasteiger partial charge on any atom is 0.324 e. The van der Waals surface area contributed by atoms with Gasteiger partial charge in [0.1, 0.15) is 0 Å². The molecule has 0 rings (SSSR count). The van der Waals surface area contributed by atoms with E-state index in [2.05, 4.69) is 4.52 Å². The average Bonchev–Trinajstić information content (AvgIpc) is 1.35. The summed E-state index contributed by atoms with van der Waals surface area (Å²) in [5.74, 6) is 0. The third-order valence-electron chi connectivity index (χ3n) is 0.339. The minimum absolute atomic E-state index is 0. The molecule has 0 spiro atoms. The van der Waals surface area contributed by atoms with E-state index in [4.69, 9.17) is 4.89 Å². The van der Waals surface area contributed by atoms with Crippen molar-refractivity contribution < 1.29 is 53.9 Å². The van der Waals surface area contributed by atoms with Crippen molar-refractivity contribution in [2.45, 2.75) is 0 Å². The van der Waals surface area contributed by atoms with Crippen molar-refractivity contribution in [2.24, 2.45) is 0 Å². The van der Waals surface area contributed by atoms with Crippen LogP contribution in [0.4, 0.5) is 0 Å². The summed E-state index contributed by atoms with van der Waals surface area (Å²) in [6, 6.07) is 0. The molecule has 0 amide bonds. The van der Waals surface area contributed by atoms with Gasteiger partial charge in [-0.1, -0.05) is 0 Å². The topological polar surface area (TPSA) is 46.5 Å². The van der Waals surface area contributed by atoms with Crippen molar-refractivity contribution in [1.82, 2.24) is 0 Å². The first kappa shape index (κ1) is 11.3. The molecule has 0 saturated carbocycles. The molecule has 3 nitrogen and oxygen atoms in total. The van der Waals surface area contributed by atoms with Gasteiger partial charge in [0.25, 0.3) is 0 Å². The Labute approximate surface area is 74.7 Å². The van der Waals surface area contributed by atoms with Crippen molar-refractivity contribution in [2.75, 3.05) is 13.8 Å². The molecule has 0 aromatic heterocycles. The molecule has 0 radical (unpaired) electrons. The van der Waals surface area contributed by atoms with Crippen molar-refractivity contribution in [3.8, 4) is 0 Å². The summed E-state index contributed by atoms with van der Waals surface area (Å²) in [6.07, 6.45) is 0. The molecule has 1 N–H and O–H groups in total. The molecule has 0 aromatic carbocycles. The van der Waals surface area contributed by atoms with E-state index >= 15 is 0 Å². The maximum absolute atomic E-state index is 9.92. The van der Waals surface area contributed by atoms with Crippen LogP contribution in [0.1, 0.15) is 0 Å².